The Labute approximate surface area is 145 Å². The SMILES string of the molecule is CCCCC(Nc1nc(Cl)nc2cc(OC)c(OC)cc12)C(=O)O. The van der Waals surface area contributed by atoms with Gasteiger partial charge in [-0.2, -0.15) is 0 Å². The average Bonchev–Trinajstić information content (AvgIpc) is 2.56. The maximum atomic E-state index is 11.5. The molecule has 0 fully saturated rings. The average molecular weight is 354 g/mol. The molecule has 2 N–H and O–H groups in total. The van der Waals surface area contributed by atoms with Crippen molar-refractivity contribution >= 4 is 34.3 Å². The molecule has 1 aromatic carbocycles. The molecule has 130 valence electrons. The van der Waals surface area contributed by atoms with Crippen LogP contribution in [-0.2, 0) is 4.79 Å². The predicted octanol–water partition coefficient (Wildman–Crippen LogP) is 3.36. The number of fused-ring (bicyclic) bond motifs is 1. The molecule has 1 atom stereocenters. The fourth-order valence-corrected chi connectivity index (χ4v) is 2.54. The van der Waals surface area contributed by atoms with E-state index in [4.69, 9.17) is 21.1 Å². The smallest absolute Gasteiger partial charge is 0.326 e. The van der Waals surface area contributed by atoms with Crippen molar-refractivity contribution < 1.29 is 19.4 Å². The van der Waals surface area contributed by atoms with Crippen LogP contribution in [0.15, 0.2) is 12.1 Å². The molecule has 1 unspecified atom stereocenters. The number of carbonyl (C=O) groups is 1. The lowest BCUT2D eigenvalue weighted by molar-refractivity contribution is -0.138. The van der Waals surface area contributed by atoms with Gasteiger partial charge in [-0.1, -0.05) is 19.8 Å². The molecule has 0 bridgehead atoms. The largest absolute Gasteiger partial charge is 0.493 e. The lowest BCUT2D eigenvalue weighted by Gasteiger charge is -2.17. The molecule has 0 aliphatic heterocycles. The van der Waals surface area contributed by atoms with Crippen molar-refractivity contribution in [2.45, 2.75) is 32.2 Å². The van der Waals surface area contributed by atoms with E-state index >= 15 is 0 Å². The van der Waals surface area contributed by atoms with Crippen LogP contribution >= 0.6 is 11.6 Å². The maximum absolute atomic E-state index is 11.5. The first-order valence-electron chi connectivity index (χ1n) is 7.58. The summed E-state index contributed by atoms with van der Waals surface area (Å²) in [5.74, 6) is 0.423. The van der Waals surface area contributed by atoms with Crippen LogP contribution < -0.4 is 14.8 Å². The summed E-state index contributed by atoms with van der Waals surface area (Å²) in [6.45, 7) is 2.01. The van der Waals surface area contributed by atoms with Gasteiger partial charge in [-0.15, -0.1) is 0 Å². The molecule has 0 radical (unpaired) electrons. The minimum atomic E-state index is -0.938. The van der Waals surface area contributed by atoms with Crippen molar-refractivity contribution in [3.05, 3.63) is 17.4 Å². The van der Waals surface area contributed by atoms with E-state index in [0.29, 0.717) is 34.6 Å². The molecule has 24 heavy (non-hydrogen) atoms. The van der Waals surface area contributed by atoms with Crippen LogP contribution in [0.4, 0.5) is 5.82 Å². The predicted molar refractivity (Wildman–Crippen MR) is 92.2 cm³/mol. The summed E-state index contributed by atoms with van der Waals surface area (Å²) in [7, 11) is 3.05. The number of rotatable bonds is 8. The first-order valence-corrected chi connectivity index (χ1v) is 7.96. The standard InChI is InChI=1S/C16H20ClN3O4/c1-4-5-6-10(15(21)22)18-14-9-7-12(23-2)13(24-3)8-11(9)19-16(17)20-14/h7-8,10H,4-6H2,1-3H3,(H,21,22)(H,18,19,20). The summed E-state index contributed by atoms with van der Waals surface area (Å²) in [4.78, 5) is 19.8. The second kappa shape index (κ2) is 8.01. The normalized spacial score (nSPS) is 12.0. The molecule has 1 aromatic heterocycles. The number of carboxylic acid groups (broad SMARTS) is 1. The zero-order chi connectivity index (χ0) is 17.7. The van der Waals surface area contributed by atoms with E-state index in [9.17, 15) is 9.90 Å². The fraction of sp³-hybridized carbons (Fsp3) is 0.438. The van der Waals surface area contributed by atoms with E-state index in [-0.39, 0.29) is 5.28 Å². The highest BCUT2D eigenvalue weighted by Gasteiger charge is 2.20. The Kier molecular flexibility index (Phi) is 6.03. The molecule has 0 saturated heterocycles. The summed E-state index contributed by atoms with van der Waals surface area (Å²) in [6, 6.07) is 2.62. The molecule has 0 saturated carbocycles. The van der Waals surface area contributed by atoms with Crippen molar-refractivity contribution in [3.8, 4) is 11.5 Å². The van der Waals surface area contributed by atoms with Gasteiger partial charge in [-0.3, -0.25) is 0 Å². The van der Waals surface area contributed by atoms with Crippen LogP contribution in [0.2, 0.25) is 5.28 Å². The number of aromatic nitrogens is 2. The Balaban J connectivity index is 2.49. The number of nitrogens with one attached hydrogen (secondary N) is 1. The van der Waals surface area contributed by atoms with E-state index in [0.717, 1.165) is 12.8 Å². The van der Waals surface area contributed by atoms with Crippen molar-refractivity contribution in [2.24, 2.45) is 0 Å². The summed E-state index contributed by atoms with van der Waals surface area (Å²) >= 11 is 5.98. The molecule has 0 aliphatic rings. The van der Waals surface area contributed by atoms with Gasteiger partial charge < -0.3 is 19.9 Å². The monoisotopic (exact) mass is 353 g/mol. The third-order valence-electron chi connectivity index (χ3n) is 3.63. The molecule has 7 nitrogen and oxygen atoms in total. The quantitative estimate of drug-likeness (QED) is 0.703. The summed E-state index contributed by atoms with van der Waals surface area (Å²) < 4.78 is 10.5. The third kappa shape index (κ3) is 3.97. The Hall–Kier alpha value is -2.28. The second-order valence-electron chi connectivity index (χ2n) is 5.24. The Bertz CT molecular complexity index is 739. The summed E-state index contributed by atoms with van der Waals surface area (Å²) in [5.41, 5.74) is 0.537. The lowest BCUT2D eigenvalue weighted by Crippen LogP contribution is -2.29. The van der Waals surface area contributed by atoms with Crippen molar-refractivity contribution in [3.63, 3.8) is 0 Å². The van der Waals surface area contributed by atoms with Crippen molar-refractivity contribution in [1.29, 1.82) is 0 Å². The van der Waals surface area contributed by atoms with Crippen LogP contribution in [0.25, 0.3) is 10.9 Å². The number of benzene rings is 1. The molecular weight excluding hydrogens is 334 g/mol. The van der Waals surface area contributed by atoms with E-state index < -0.39 is 12.0 Å². The van der Waals surface area contributed by atoms with Crippen molar-refractivity contribution in [2.75, 3.05) is 19.5 Å². The molecule has 1 heterocycles. The Morgan fingerprint density at radius 1 is 1.29 bits per heavy atom. The van der Waals surface area contributed by atoms with E-state index in [2.05, 4.69) is 15.3 Å². The number of unbranched alkanes of at least 4 members (excludes halogenated alkanes) is 1. The van der Waals surface area contributed by atoms with Gasteiger partial charge in [0.15, 0.2) is 11.5 Å². The van der Waals surface area contributed by atoms with Gasteiger partial charge >= 0.3 is 5.97 Å². The highest BCUT2D eigenvalue weighted by Crippen LogP contribution is 2.34. The van der Waals surface area contributed by atoms with Crippen LogP contribution in [-0.4, -0.2) is 41.3 Å². The van der Waals surface area contributed by atoms with E-state index in [1.807, 2.05) is 6.92 Å². The summed E-state index contributed by atoms with van der Waals surface area (Å²) in [6.07, 6.45) is 2.18. The van der Waals surface area contributed by atoms with Gasteiger partial charge in [-0.05, 0) is 24.1 Å². The highest BCUT2D eigenvalue weighted by molar-refractivity contribution is 6.28. The number of halogens is 1. The maximum Gasteiger partial charge on any atom is 0.326 e. The van der Waals surface area contributed by atoms with E-state index in [1.165, 1.54) is 14.2 Å². The van der Waals surface area contributed by atoms with Gasteiger partial charge in [-0.25, -0.2) is 14.8 Å². The number of aliphatic carboxylic acids is 1. The molecular formula is C16H20ClN3O4. The molecule has 0 aliphatic carbocycles. The minimum absolute atomic E-state index is 0.0249. The zero-order valence-electron chi connectivity index (χ0n) is 13.8. The number of hydrogen-bond donors (Lipinski definition) is 2. The number of nitrogens with zero attached hydrogens (tertiary/aromatic N) is 2. The molecule has 8 heteroatoms. The van der Waals surface area contributed by atoms with Gasteiger partial charge in [0.1, 0.15) is 11.9 Å². The summed E-state index contributed by atoms with van der Waals surface area (Å²) in [5, 5.41) is 13.0. The van der Waals surface area contributed by atoms with Gasteiger partial charge in [0, 0.05) is 11.5 Å². The van der Waals surface area contributed by atoms with Crippen LogP contribution in [0.3, 0.4) is 0 Å². The number of methoxy groups -OCH3 is 2. The molecule has 0 amide bonds. The van der Waals surface area contributed by atoms with Crippen LogP contribution in [0.5, 0.6) is 11.5 Å². The fourth-order valence-electron chi connectivity index (χ4n) is 2.37. The number of anilines is 1. The number of carboxylic acids is 1. The minimum Gasteiger partial charge on any atom is -0.493 e. The topological polar surface area (TPSA) is 93.6 Å². The Morgan fingerprint density at radius 3 is 2.54 bits per heavy atom. The van der Waals surface area contributed by atoms with Crippen molar-refractivity contribution in [1.82, 2.24) is 9.97 Å². The van der Waals surface area contributed by atoms with Crippen LogP contribution in [0, 0.1) is 0 Å². The first-order chi connectivity index (χ1) is 11.5. The molecule has 2 rings (SSSR count). The van der Waals surface area contributed by atoms with Crippen LogP contribution in [0.1, 0.15) is 26.2 Å². The second-order valence-corrected chi connectivity index (χ2v) is 5.58. The Morgan fingerprint density at radius 2 is 1.96 bits per heavy atom. The highest BCUT2D eigenvalue weighted by atomic mass is 35.5. The lowest BCUT2D eigenvalue weighted by atomic mass is 10.1. The first kappa shape index (κ1) is 18.1. The number of hydrogen-bond acceptors (Lipinski definition) is 6. The van der Waals surface area contributed by atoms with Gasteiger partial charge in [0.05, 0.1) is 19.7 Å². The third-order valence-corrected chi connectivity index (χ3v) is 3.80. The number of ether oxygens (including phenoxy) is 2. The molecule has 0 spiro atoms. The van der Waals surface area contributed by atoms with E-state index in [1.54, 1.807) is 12.1 Å². The zero-order valence-corrected chi connectivity index (χ0v) is 14.6. The molecule has 2 aromatic rings. The van der Waals surface area contributed by atoms with Gasteiger partial charge in [0.25, 0.3) is 0 Å². The van der Waals surface area contributed by atoms with Gasteiger partial charge in [0.2, 0.25) is 5.28 Å².